The van der Waals surface area contributed by atoms with Gasteiger partial charge in [0.2, 0.25) is 0 Å². The van der Waals surface area contributed by atoms with Crippen molar-refractivity contribution < 1.29 is 26.9 Å². The van der Waals surface area contributed by atoms with Gasteiger partial charge in [-0.2, -0.15) is 13.2 Å². The number of hydrogen-bond acceptors (Lipinski definition) is 3. The normalized spacial score (nSPS) is 17.5. The lowest BCUT2D eigenvalue weighted by Gasteiger charge is -2.25. The van der Waals surface area contributed by atoms with E-state index in [1.165, 1.54) is 18.2 Å². The Labute approximate surface area is 185 Å². The van der Waals surface area contributed by atoms with Crippen molar-refractivity contribution in [3.05, 3.63) is 69.8 Å². The number of aldehydes is 1. The van der Waals surface area contributed by atoms with Crippen molar-refractivity contribution in [3.8, 4) is 0 Å². The van der Waals surface area contributed by atoms with Gasteiger partial charge in [-0.25, -0.2) is 0 Å². The van der Waals surface area contributed by atoms with Crippen LogP contribution in [0.5, 0.6) is 0 Å². The highest BCUT2D eigenvalue weighted by Crippen LogP contribution is 2.41. The minimum Gasteiger partial charge on any atom is -0.391 e. The van der Waals surface area contributed by atoms with Crippen LogP contribution in [0.1, 0.15) is 94.1 Å². The van der Waals surface area contributed by atoms with Crippen LogP contribution in [0.25, 0.3) is 0 Å². The van der Waals surface area contributed by atoms with E-state index in [-0.39, 0.29) is 29.4 Å². The largest absolute Gasteiger partial charge is 0.416 e. The molecule has 0 saturated heterocycles. The number of oxime groups is 1. The Morgan fingerprint density at radius 1 is 1.19 bits per heavy atom. The van der Waals surface area contributed by atoms with Gasteiger partial charge in [0.25, 0.3) is 0 Å². The molecule has 1 aliphatic rings. The summed E-state index contributed by atoms with van der Waals surface area (Å²) in [5.74, 6) is -0.109. The van der Waals surface area contributed by atoms with Crippen molar-refractivity contribution in [2.45, 2.75) is 71.0 Å². The molecule has 0 atom stereocenters. The molecule has 166 valence electrons. The summed E-state index contributed by atoms with van der Waals surface area (Å²) in [6.07, 6.45) is 1.10. The molecule has 0 amide bonds. The molecule has 3 nitrogen and oxygen atoms in total. The summed E-state index contributed by atoms with van der Waals surface area (Å²) in [6.45, 7) is -1.08. The van der Waals surface area contributed by atoms with Crippen LogP contribution < -0.4 is 0 Å². The quantitative estimate of drug-likeness (QED) is 0.266. The van der Waals surface area contributed by atoms with Crippen LogP contribution >= 0.6 is 0 Å². The average molecular weight is 435 g/mol. The number of aryl methyl sites for hydroxylation is 1. The van der Waals surface area contributed by atoms with Crippen molar-refractivity contribution >= 4 is 12.0 Å². The zero-order valence-corrected chi connectivity index (χ0v) is 17.5. The van der Waals surface area contributed by atoms with Gasteiger partial charge in [-0.15, -0.1) is 0 Å². The predicted octanol–water partition coefficient (Wildman–Crippen LogP) is 7.07. The van der Waals surface area contributed by atoms with Gasteiger partial charge in [0.1, 0.15) is 12.9 Å². The molecule has 0 radical (unpaired) electrons. The van der Waals surface area contributed by atoms with Crippen LogP contribution in [0.4, 0.5) is 13.2 Å². The number of benzene rings is 2. The van der Waals surface area contributed by atoms with Crippen LogP contribution in [-0.2, 0) is 24.0 Å². The summed E-state index contributed by atoms with van der Waals surface area (Å²) in [5.41, 5.74) is 0.960. The van der Waals surface area contributed by atoms with E-state index in [1.54, 1.807) is 12.1 Å². The number of halogens is 3. The maximum absolute atomic E-state index is 13.8. The second-order valence-corrected chi connectivity index (χ2v) is 7.85. The maximum atomic E-state index is 13.8. The van der Waals surface area contributed by atoms with Crippen molar-refractivity contribution in [1.29, 1.82) is 0 Å². The molecule has 0 unspecified atom stereocenters. The third kappa shape index (κ3) is 5.75. The Bertz CT molecular complexity index is 1040. The van der Waals surface area contributed by atoms with Crippen LogP contribution in [0.3, 0.4) is 0 Å². The molecule has 1 aliphatic carbocycles. The number of nitrogens with zero attached hydrogens (tertiary/aromatic N) is 1. The topological polar surface area (TPSA) is 38.7 Å². The highest BCUT2D eigenvalue weighted by atomic mass is 19.4. The minimum atomic E-state index is -4.49. The molecule has 0 bridgehead atoms. The lowest BCUT2D eigenvalue weighted by atomic mass is 9.81. The highest BCUT2D eigenvalue weighted by Gasteiger charge is 2.35. The van der Waals surface area contributed by atoms with Crippen LogP contribution in [0, 0.1) is 0 Å². The molecule has 0 aliphatic heterocycles. The molecule has 0 heterocycles. The average Bonchev–Trinajstić information content (AvgIpc) is 2.80. The van der Waals surface area contributed by atoms with Gasteiger partial charge < -0.3 is 4.84 Å². The third-order valence-electron chi connectivity index (χ3n) is 5.78. The Morgan fingerprint density at radius 3 is 2.61 bits per heavy atom. The Balaban J connectivity index is 1.86. The lowest BCUT2D eigenvalue weighted by Crippen LogP contribution is -2.15. The Kier molecular flexibility index (Phi) is 6.23. The molecule has 3 rings (SSSR count). The Morgan fingerprint density at radius 2 is 1.97 bits per heavy atom. The van der Waals surface area contributed by atoms with Crippen molar-refractivity contribution in [2.75, 3.05) is 0 Å². The van der Waals surface area contributed by atoms with Crippen LogP contribution in [0.15, 0.2) is 41.6 Å². The summed E-state index contributed by atoms with van der Waals surface area (Å²) < 4.78 is 64.7. The smallest absolute Gasteiger partial charge is 0.391 e. The molecule has 6 heteroatoms. The van der Waals surface area contributed by atoms with Crippen molar-refractivity contribution in [1.82, 2.24) is 0 Å². The summed E-state index contributed by atoms with van der Waals surface area (Å²) in [5, 5.41) is 3.78. The van der Waals surface area contributed by atoms with E-state index in [0.717, 1.165) is 38.2 Å². The third-order valence-corrected chi connectivity index (χ3v) is 5.78. The van der Waals surface area contributed by atoms with E-state index in [0.29, 0.717) is 29.4 Å². The van der Waals surface area contributed by atoms with Gasteiger partial charge in [0, 0.05) is 9.68 Å². The van der Waals surface area contributed by atoms with E-state index in [4.69, 9.17) is 8.95 Å². The fourth-order valence-electron chi connectivity index (χ4n) is 4.11. The minimum absolute atomic E-state index is 0.109. The van der Waals surface area contributed by atoms with Gasteiger partial charge in [-0.1, -0.05) is 55.6 Å². The molecular formula is C25H28F3NO2. The summed E-state index contributed by atoms with van der Waals surface area (Å²) in [7, 11) is 0. The van der Waals surface area contributed by atoms with Gasteiger partial charge in [0.15, 0.2) is 0 Å². The van der Waals surface area contributed by atoms with Gasteiger partial charge in [0.05, 0.1) is 11.3 Å². The van der Waals surface area contributed by atoms with Crippen molar-refractivity contribution in [2.24, 2.45) is 5.16 Å². The van der Waals surface area contributed by atoms with E-state index in [1.807, 2.05) is 6.92 Å². The number of carbonyl (C=O) groups is 1. The molecule has 0 N–H and O–H groups in total. The predicted molar refractivity (Wildman–Crippen MR) is 115 cm³/mol. The Hall–Kier alpha value is -2.63. The van der Waals surface area contributed by atoms with E-state index >= 15 is 0 Å². The van der Waals surface area contributed by atoms with Crippen LogP contribution in [-0.4, -0.2) is 12.0 Å². The number of alkyl halides is 3. The second-order valence-electron chi connectivity index (χ2n) is 7.85. The summed E-state index contributed by atoms with van der Waals surface area (Å²) in [6, 6.07) is 8.72. The monoisotopic (exact) mass is 434 g/mol. The SMILES string of the molecule is [2H]C([2H])([2H])/C(=N\OCc1ccc(C2CCCCC2)c(C(F)(F)F)c1)c1ccc(C=O)c(CC)c1. The number of hydrogen-bond donors (Lipinski definition) is 0. The fourth-order valence-corrected chi connectivity index (χ4v) is 4.11. The molecule has 2 aromatic rings. The zero-order valence-electron chi connectivity index (χ0n) is 20.5. The maximum Gasteiger partial charge on any atom is 0.416 e. The van der Waals surface area contributed by atoms with Gasteiger partial charge in [-0.3, -0.25) is 4.79 Å². The van der Waals surface area contributed by atoms with Gasteiger partial charge in [-0.05, 0) is 66.4 Å². The van der Waals surface area contributed by atoms with E-state index < -0.39 is 18.6 Å². The number of rotatable bonds is 7. The zero-order chi connectivity index (χ0) is 24.9. The summed E-state index contributed by atoms with van der Waals surface area (Å²) in [4.78, 5) is 16.4. The second kappa shape index (κ2) is 10.1. The fraction of sp³-hybridized carbons (Fsp3) is 0.440. The van der Waals surface area contributed by atoms with Crippen molar-refractivity contribution in [3.63, 3.8) is 0 Å². The standard InChI is InChI=1S/C25H28F3NO2/c1-3-19-14-21(10-11-22(19)15-30)17(2)29-31-16-18-9-12-23(20-7-5-4-6-8-20)24(13-18)25(26,27)28/h9-15,20H,3-8,16H2,1-2H3/b29-17+/i2D3. The highest BCUT2D eigenvalue weighted by molar-refractivity contribution is 5.99. The van der Waals surface area contributed by atoms with Crippen LogP contribution in [0.2, 0.25) is 0 Å². The molecule has 1 fully saturated rings. The first-order valence-corrected chi connectivity index (χ1v) is 10.5. The first-order chi connectivity index (χ1) is 16.0. The molecule has 1 saturated carbocycles. The molecule has 2 aromatic carbocycles. The number of carbonyl (C=O) groups excluding carboxylic acids is 1. The molecule has 0 aromatic heterocycles. The van der Waals surface area contributed by atoms with E-state index in [2.05, 4.69) is 5.16 Å². The molecular weight excluding hydrogens is 403 g/mol. The lowest BCUT2D eigenvalue weighted by molar-refractivity contribution is -0.138. The molecule has 31 heavy (non-hydrogen) atoms. The van der Waals surface area contributed by atoms with Gasteiger partial charge >= 0.3 is 6.18 Å². The summed E-state index contributed by atoms with van der Waals surface area (Å²) >= 11 is 0. The molecule has 0 spiro atoms. The first kappa shape index (κ1) is 19.1. The van der Waals surface area contributed by atoms with E-state index in [9.17, 15) is 18.0 Å². The first-order valence-electron chi connectivity index (χ1n) is 12.0.